The molecular weight excluding hydrogens is 392 g/mol. The van der Waals surface area contributed by atoms with E-state index in [1.807, 2.05) is 6.07 Å². The van der Waals surface area contributed by atoms with E-state index in [4.69, 9.17) is 9.72 Å². The smallest absolute Gasteiger partial charge is 0.305 e. The van der Waals surface area contributed by atoms with Crippen LogP contribution in [0.2, 0.25) is 0 Å². The number of nitrogens with one attached hydrogen (secondary N) is 1. The highest BCUT2D eigenvalue weighted by Gasteiger charge is 2.34. The first-order valence-electron chi connectivity index (χ1n) is 11.3. The highest BCUT2D eigenvalue weighted by Crippen LogP contribution is 2.33. The molecule has 1 saturated heterocycles. The van der Waals surface area contributed by atoms with Crippen molar-refractivity contribution < 1.29 is 14.6 Å². The fraction of sp³-hybridized carbons (Fsp3) is 0.542. The predicted octanol–water partition coefficient (Wildman–Crippen LogP) is 3.70. The van der Waals surface area contributed by atoms with Crippen LogP contribution in [0.4, 0.5) is 5.82 Å². The van der Waals surface area contributed by atoms with Crippen LogP contribution in [0.15, 0.2) is 30.5 Å². The fourth-order valence-electron chi connectivity index (χ4n) is 4.63. The summed E-state index contributed by atoms with van der Waals surface area (Å²) in [6, 6.07) is 8.00. The first kappa shape index (κ1) is 21.6. The Balaban J connectivity index is 1.22. The van der Waals surface area contributed by atoms with Crippen LogP contribution in [0.1, 0.15) is 55.0 Å². The fourth-order valence-corrected chi connectivity index (χ4v) is 4.63. The van der Waals surface area contributed by atoms with E-state index in [9.17, 15) is 9.90 Å². The Morgan fingerprint density at radius 1 is 1.29 bits per heavy atom. The summed E-state index contributed by atoms with van der Waals surface area (Å²) in [5.74, 6) is 1.48. The molecule has 0 aromatic carbocycles. The topological polar surface area (TPSA) is 87.6 Å². The third-order valence-electron chi connectivity index (χ3n) is 6.39. The highest BCUT2D eigenvalue weighted by atomic mass is 16.5. The molecule has 31 heavy (non-hydrogen) atoms. The van der Waals surface area contributed by atoms with Gasteiger partial charge in [0.25, 0.3) is 0 Å². The number of anilines is 1. The zero-order chi connectivity index (χ0) is 21.6. The van der Waals surface area contributed by atoms with Crippen molar-refractivity contribution in [2.45, 2.75) is 51.0 Å². The summed E-state index contributed by atoms with van der Waals surface area (Å²) in [4.78, 5) is 22.7. The van der Waals surface area contributed by atoms with Crippen LogP contribution in [-0.4, -0.2) is 52.7 Å². The molecule has 1 atom stereocenters. The van der Waals surface area contributed by atoms with Gasteiger partial charge in [-0.25, -0.2) is 9.97 Å². The van der Waals surface area contributed by atoms with E-state index in [0.717, 1.165) is 50.3 Å². The first-order chi connectivity index (χ1) is 15.1. The number of nitrogens with zero attached hydrogens (tertiary/aromatic N) is 3. The number of aryl methyl sites for hydroxylation is 2. The number of hydrogen-bond donors (Lipinski definition) is 2. The van der Waals surface area contributed by atoms with Gasteiger partial charge < -0.3 is 15.2 Å². The van der Waals surface area contributed by atoms with Crippen molar-refractivity contribution >= 4 is 11.8 Å². The maximum absolute atomic E-state index is 11.4. The van der Waals surface area contributed by atoms with Gasteiger partial charge >= 0.3 is 5.97 Å². The number of carboxylic acids is 1. The lowest BCUT2D eigenvalue weighted by Gasteiger charge is -2.44. The minimum Gasteiger partial charge on any atom is -0.481 e. The maximum atomic E-state index is 11.4. The second-order valence-electron chi connectivity index (χ2n) is 8.65. The van der Waals surface area contributed by atoms with E-state index in [2.05, 4.69) is 27.3 Å². The average molecular weight is 425 g/mol. The molecule has 0 saturated carbocycles. The Morgan fingerprint density at radius 2 is 2.16 bits per heavy atom. The summed E-state index contributed by atoms with van der Waals surface area (Å²) in [6.45, 7) is 2.92. The molecule has 4 heterocycles. The van der Waals surface area contributed by atoms with Crippen LogP contribution in [0.5, 0.6) is 5.88 Å². The highest BCUT2D eigenvalue weighted by molar-refractivity contribution is 5.68. The van der Waals surface area contributed by atoms with E-state index in [0.29, 0.717) is 11.8 Å². The Bertz CT molecular complexity index is 881. The quantitative estimate of drug-likeness (QED) is 0.562. The van der Waals surface area contributed by atoms with Crippen LogP contribution in [0, 0.1) is 5.92 Å². The lowest BCUT2D eigenvalue weighted by molar-refractivity contribution is -0.139. The Kier molecular flexibility index (Phi) is 7.02. The summed E-state index contributed by atoms with van der Waals surface area (Å²) in [7, 11) is 1.58. The minimum atomic E-state index is -0.781. The molecule has 0 bridgehead atoms. The van der Waals surface area contributed by atoms with Gasteiger partial charge in [-0.1, -0.05) is 18.6 Å². The molecule has 166 valence electrons. The molecule has 2 aromatic heterocycles. The SMILES string of the molecule is COc1ccc(C(CC(=O)O)N2CC(CCCCc3ccc4c(n3)NCCC4)C2)cn1. The van der Waals surface area contributed by atoms with Gasteiger partial charge in [0.05, 0.1) is 13.5 Å². The number of hydrogen-bond acceptors (Lipinski definition) is 6. The Labute approximate surface area is 183 Å². The number of likely N-dealkylation sites (tertiary alicyclic amines) is 1. The van der Waals surface area contributed by atoms with E-state index in [1.165, 1.54) is 30.5 Å². The number of unbranched alkanes of at least 4 members (excludes halogenated alkanes) is 1. The van der Waals surface area contributed by atoms with Crippen LogP contribution in [0.25, 0.3) is 0 Å². The van der Waals surface area contributed by atoms with Crippen LogP contribution in [-0.2, 0) is 17.6 Å². The number of methoxy groups -OCH3 is 1. The molecule has 1 unspecified atom stereocenters. The van der Waals surface area contributed by atoms with Gasteiger partial charge in [0.2, 0.25) is 5.88 Å². The Morgan fingerprint density at radius 3 is 2.90 bits per heavy atom. The lowest BCUT2D eigenvalue weighted by atomic mass is 9.89. The number of pyridine rings is 2. The van der Waals surface area contributed by atoms with Crippen molar-refractivity contribution in [1.82, 2.24) is 14.9 Å². The molecule has 0 amide bonds. The van der Waals surface area contributed by atoms with Gasteiger partial charge in [-0.15, -0.1) is 0 Å². The van der Waals surface area contributed by atoms with Crippen LogP contribution in [0.3, 0.4) is 0 Å². The molecule has 4 rings (SSSR count). The van der Waals surface area contributed by atoms with Crippen molar-refractivity contribution in [2.75, 3.05) is 32.1 Å². The van der Waals surface area contributed by atoms with Crippen LogP contribution >= 0.6 is 0 Å². The summed E-state index contributed by atoms with van der Waals surface area (Å²) in [5.41, 5.74) is 3.46. The number of fused-ring (bicyclic) bond motifs is 1. The lowest BCUT2D eigenvalue weighted by Crippen LogP contribution is -2.48. The standard InChI is InChI=1S/C24H32N4O3/c1-31-22-11-9-19(14-26-22)21(13-23(29)30)28-15-17(16-28)5-2-3-7-20-10-8-18-6-4-12-25-24(18)27-20/h8-11,14,17,21H,2-7,12-13,15-16H2,1H3,(H,25,27)(H,29,30). The van der Waals surface area contributed by atoms with Gasteiger partial charge in [0.1, 0.15) is 5.82 Å². The summed E-state index contributed by atoms with van der Waals surface area (Å²) in [6.07, 6.45) is 8.67. The largest absolute Gasteiger partial charge is 0.481 e. The first-order valence-corrected chi connectivity index (χ1v) is 11.3. The third-order valence-corrected chi connectivity index (χ3v) is 6.39. The van der Waals surface area contributed by atoms with Crippen LogP contribution < -0.4 is 10.1 Å². The van der Waals surface area contributed by atoms with E-state index in [1.54, 1.807) is 19.4 Å². The maximum Gasteiger partial charge on any atom is 0.305 e. The molecule has 0 spiro atoms. The molecule has 0 radical (unpaired) electrons. The third kappa shape index (κ3) is 5.53. The number of aliphatic carboxylic acids is 1. The average Bonchev–Trinajstić information content (AvgIpc) is 2.76. The predicted molar refractivity (Wildman–Crippen MR) is 119 cm³/mol. The molecule has 7 heteroatoms. The van der Waals surface area contributed by atoms with E-state index >= 15 is 0 Å². The van der Waals surface area contributed by atoms with E-state index < -0.39 is 5.97 Å². The second-order valence-corrected chi connectivity index (χ2v) is 8.65. The molecule has 1 fully saturated rings. The van der Waals surface area contributed by atoms with Gasteiger partial charge in [-0.05, 0) is 55.2 Å². The number of rotatable bonds is 10. The molecule has 2 aromatic rings. The van der Waals surface area contributed by atoms with Gasteiger partial charge in [0, 0.05) is 43.6 Å². The van der Waals surface area contributed by atoms with Crippen molar-refractivity contribution in [3.05, 3.63) is 47.3 Å². The van der Waals surface area contributed by atoms with Gasteiger partial charge in [0.15, 0.2) is 0 Å². The second kappa shape index (κ2) is 10.1. The molecule has 0 aliphatic carbocycles. The molecular formula is C24H32N4O3. The number of ether oxygens (including phenoxy) is 1. The Hall–Kier alpha value is -2.67. The van der Waals surface area contributed by atoms with Gasteiger partial charge in [-0.2, -0.15) is 0 Å². The normalized spacial score (nSPS) is 17.3. The monoisotopic (exact) mass is 424 g/mol. The molecule has 2 aliphatic heterocycles. The van der Waals surface area contributed by atoms with Crippen molar-refractivity contribution in [3.8, 4) is 5.88 Å². The van der Waals surface area contributed by atoms with Crippen molar-refractivity contribution in [2.24, 2.45) is 5.92 Å². The molecule has 2 N–H and O–H groups in total. The van der Waals surface area contributed by atoms with E-state index in [-0.39, 0.29) is 12.5 Å². The molecule has 7 nitrogen and oxygen atoms in total. The summed E-state index contributed by atoms with van der Waals surface area (Å²) < 4.78 is 5.11. The molecule has 2 aliphatic rings. The number of carboxylic acid groups (broad SMARTS) is 1. The number of carbonyl (C=O) groups is 1. The van der Waals surface area contributed by atoms with Gasteiger partial charge in [-0.3, -0.25) is 9.69 Å². The summed E-state index contributed by atoms with van der Waals surface area (Å²) >= 11 is 0. The zero-order valence-corrected chi connectivity index (χ0v) is 18.2. The van der Waals surface area contributed by atoms with Crippen molar-refractivity contribution in [1.29, 1.82) is 0 Å². The minimum absolute atomic E-state index is 0.0960. The number of aromatic nitrogens is 2. The van der Waals surface area contributed by atoms with Crippen molar-refractivity contribution in [3.63, 3.8) is 0 Å². The zero-order valence-electron chi connectivity index (χ0n) is 18.2. The summed E-state index contributed by atoms with van der Waals surface area (Å²) in [5, 5.41) is 12.8.